The molecule has 0 spiro atoms. The van der Waals surface area contributed by atoms with Gasteiger partial charge in [0, 0.05) is 6.54 Å². The van der Waals surface area contributed by atoms with Gasteiger partial charge < -0.3 is 14.4 Å². The maximum absolute atomic E-state index is 13.3. The Balaban J connectivity index is 2.32. The number of piperazine rings is 1. The third-order valence-corrected chi connectivity index (χ3v) is 6.01. The Morgan fingerprint density at radius 2 is 2.03 bits per heavy atom. The van der Waals surface area contributed by atoms with E-state index in [1.54, 1.807) is 23.8 Å². The number of benzene rings is 1. The molecule has 168 valence electrons. The van der Waals surface area contributed by atoms with Gasteiger partial charge >= 0.3 is 0 Å². The highest BCUT2D eigenvalue weighted by molar-refractivity contribution is 7.98. The van der Waals surface area contributed by atoms with Crippen LogP contribution in [-0.2, 0) is 20.9 Å². The SMILES string of the molecule is C#CCN(CC=O)N(C=O)C1CN(Cc2ccc(OC)cc2)C(=O)[C@H](CCSC)N1C. The summed E-state index contributed by atoms with van der Waals surface area (Å²) in [5.41, 5.74) is 0.965. The van der Waals surface area contributed by atoms with Gasteiger partial charge in [-0.3, -0.25) is 19.5 Å². The number of carbonyl (C=O) groups is 3. The summed E-state index contributed by atoms with van der Waals surface area (Å²) in [4.78, 5) is 40.1. The van der Waals surface area contributed by atoms with Crippen LogP contribution < -0.4 is 4.74 Å². The number of hydrazine groups is 1. The molecule has 1 aliphatic rings. The fourth-order valence-corrected chi connectivity index (χ4v) is 4.15. The molecule has 8 nitrogen and oxygen atoms in total. The van der Waals surface area contributed by atoms with Gasteiger partial charge in [0.1, 0.15) is 18.2 Å². The number of thioether (sulfide) groups is 1. The highest BCUT2D eigenvalue weighted by atomic mass is 32.2. The second kappa shape index (κ2) is 12.3. The zero-order chi connectivity index (χ0) is 22.8. The van der Waals surface area contributed by atoms with E-state index >= 15 is 0 Å². The molecule has 1 fully saturated rings. The van der Waals surface area contributed by atoms with E-state index in [0.29, 0.717) is 32.2 Å². The molecule has 1 heterocycles. The van der Waals surface area contributed by atoms with Crippen molar-refractivity contribution in [2.45, 2.75) is 25.2 Å². The Kier molecular flexibility index (Phi) is 9.85. The quantitative estimate of drug-likeness (QED) is 0.269. The summed E-state index contributed by atoms with van der Waals surface area (Å²) in [7, 11) is 3.44. The van der Waals surface area contributed by atoms with E-state index in [9.17, 15) is 14.4 Å². The fourth-order valence-electron chi connectivity index (χ4n) is 3.69. The summed E-state index contributed by atoms with van der Waals surface area (Å²) in [6, 6.07) is 7.18. The molecule has 2 amide bonds. The zero-order valence-electron chi connectivity index (χ0n) is 18.3. The number of hydrogen-bond acceptors (Lipinski definition) is 7. The lowest BCUT2D eigenvalue weighted by molar-refractivity contribution is -0.173. The lowest BCUT2D eigenvalue weighted by Crippen LogP contribution is -2.67. The molecule has 1 aliphatic heterocycles. The third-order valence-electron chi connectivity index (χ3n) is 5.37. The van der Waals surface area contributed by atoms with Crippen LogP contribution in [0.25, 0.3) is 0 Å². The van der Waals surface area contributed by atoms with E-state index in [-0.39, 0.29) is 25.0 Å². The summed E-state index contributed by atoms with van der Waals surface area (Å²) in [5.74, 6) is 4.07. The lowest BCUT2D eigenvalue weighted by atomic mass is 10.1. The van der Waals surface area contributed by atoms with E-state index in [0.717, 1.165) is 17.1 Å². The molecule has 1 aromatic rings. The monoisotopic (exact) mass is 446 g/mol. The Morgan fingerprint density at radius 3 is 2.58 bits per heavy atom. The van der Waals surface area contributed by atoms with Gasteiger partial charge in [-0.15, -0.1) is 6.42 Å². The van der Waals surface area contributed by atoms with E-state index in [2.05, 4.69) is 5.92 Å². The van der Waals surface area contributed by atoms with Crippen molar-refractivity contribution < 1.29 is 19.1 Å². The van der Waals surface area contributed by atoms with Crippen molar-refractivity contribution in [2.24, 2.45) is 0 Å². The van der Waals surface area contributed by atoms with Crippen molar-refractivity contribution in [1.29, 1.82) is 0 Å². The highest BCUT2D eigenvalue weighted by Gasteiger charge is 2.41. The van der Waals surface area contributed by atoms with Gasteiger partial charge in [0.25, 0.3) is 0 Å². The molecule has 0 aliphatic carbocycles. The maximum Gasteiger partial charge on any atom is 0.240 e. The number of amides is 2. The first-order valence-electron chi connectivity index (χ1n) is 9.98. The first-order chi connectivity index (χ1) is 15.0. The van der Waals surface area contributed by atoms with Crippen molar-refractivity contribution in [1.82, 2.24) is 19.8 Å². The number of terminal acetylenes is 1. The fraction of sp³-hybridized carbons (Fsp3) is 0.500. The van der Waals surface area contributed by atoms with Crippen LogP contribution in [0, 0.1) is 12.3 Å². The molecule has 0 bridgehead atoms. The van der Waals surface area contributed by atoms with E-state index < -0.39 is 6.17 Å². The molecular weight excluding hydrogens is 416 g/mol. The molecule has 31 heavy (non-hydrogen) atoms. The average Bonchev–Trinajstić information content (AvgIpc) is 2.78. The summed E-state index contributed by atoms with van der Waals surface area (Å²) in [5, 5.41) is 2.96. The van der Waals surface area contributed by atoms with Crippen LogP contribution in [0.5, 0.6) is 5.75 Å². The normalized spacial score (nSPS) is 19.2. The molecule has 1 unspecified atom stereocenters. The standard InChI is InChI=1S/C22H30N4O4S/c1-5-11-25(12-13-27)26(17-28)21-16-24(15-18-6-8-19(30-3)9-7-18)22(29)20(23(21)2)10-14-31-4/h1,6-9,13,17,20-21H,10-12,14-16H2,2-4H3/t20-,21?/m0/s1. The Hall–Kier alpha value is -2.54. The summed E-state index contributed by atoms with van der Waals surface area (Å²) in [6.07, 6.45) is 9.04. The summed E-state index contributed by atoms with van der Waals surface area (Å²) in [6.45, 7) is 0.827. The van der Waals surface area contributed by atoms with Crippen molar-refractivity contribution in [3.8, 4) is 18.1 Å². The molecule has 0 radical (unpaired) electrons. The van der Waals surface area contributed by atoms with Crippen LogP contribution >= 0.6 is 11.8 Å². The molecule has 0 saturated carbocycles. The highest BCUT2D eigenvalue weighted by Crippen LogP contribution is 2.24. The minimum Gasteiger partial charge on any atom is -0.497 e. The number of aldehydes is 1. The Bertz CT molecular complexity index is 783. The minimum absolute atomic E-state index is 0.00478. The second-order valence-electron chi connectivity index (χ2n) is 7.21. The number of carbonyl (C=O) groups excluding carboxylic acids is 3. The predicted molar refractivity (Wildman–Crippen MR) is 121 cm³/mol. The van der Waals surface area contributed by atoms with Crippen LogP contribution in [-0.4, -0.2) is 96.4 Å². The number of nitrogens with zero attached hydrogens (tertiary/aromatic N) is 4. The smallest absolute Gasteiger partial charge is 0.240 e. The molecule has 9 heteroatoms. The van der Waals surface area contributed by atoms with Crippen molar-refractivity contribution in [2.75, 3.05) is 45.8 Å². The van der Waals surface area contributed by atoms with Crippen molar-refractivity contribution >= 4 is 30.4 Å². The lowest BCUT2D eigenvalue weighted by Gasteiger charge is -2.49. The number of ether oxygens (including phenoxy) is 1. The van der Waals surface area contributed by atoms with Gasteiger partial charge in [-0.05, 0) is 43.2 Å². The second-order valence-corrected chi connectivity index (χ2v) is 8.20. The van der Waals surface area contributed by atoms with Gasteiger partial charge in [-0.1, -0.05) is 18.1 Å². The minimum atomic E-state index is -0.436. The molecule has 1 aromatic carbocycles. The molecule has 0 aromatic heterocycles. The Labute approximate surface area is 188 Å². The van der Waals surface area contributed by atoms with E-state index in [4.69, 9.17) is 11.2 Å². The third kappa shape index (κ3) is 6.23. The van der Waals surface area contributed by atoms with Crippen molar-refractivity contribution in [3.63, 3.8) is 0 Å². The number of methoxy groups -OCH3 is 1. The molecule has 2 atom stereocenters. The predicted octanol–water partition coefficient (Wildman–Crippen LogP) is 0.925. The average molecular weight is 447 g/mol. The molecule has 2 rings (SSSR count). The van der Waals surface area contributed by atoms with Crippen molar-refractivity contribution in [3.05, 3.63) is 29.8 Å². The Morgan fingerprint density at radius 1 is 1.32 bits per heavy atom. The van der Waals surface area contributed by atoms with Gasteiger partial charge in [0.15, 0.2) is 0 Å². The van der Waals surface area contributed by atoms with Gasteiger partial charge in [0.05, 0.1) is 32.8 Å². The first-order valence-corrected chi connectivity index (χ1v) is 11.4. The zero-order valence-corrected chi connectivity index (χ0v) is 19.1. The van der Waals surface area contributed by atoms with Crippen LogP contribution in [0.4, 0.5) is 0 Å². The van der Waals surface area contributed by atoms with Gasteiger partial charge in [-0.2, -0.15) is 16.8 Å². The summed E-state index contributed by atoms with van der Waals surface area (Å²) < 4.78 is 5.21. The number of likely N-dealkylation sites (N-methyl/N-ethyl adjacent to an activating group) is 1. The topological polar surface area (TPSA) is 73.4 Å². The van der Waals surface area contributed by atoms with Crippen LogP contribution in [0.15, 0.2) is 24.3 Å². The van der Waals surface area contributed by atoms with Crippen LogP contribution in [0.1, 0.15) is 12.0 Å². The number of rotatable bonds is 12. The van der Waals surface area contributed by atoms with Gasteiger partial charge in [0.2, 0.25) is 12.3 Å². The van der Waals surface area contributed by atoms with Gasteiger partial charge in [-0.25, -0.2) is 0 Å². The van der Waals surface area contributed by atoms with E-state index in [1.165, 1.54) is 10.0 Å². The maximum atomic E-state index is 13.3. The molecular formula is C22H30N4O4S. The van der Waals surface area contributed by atoms with E-state index in [1.807, 2.05) is 42.5 Å². The van der Waals surface area contributed by atoms with Crippen LogP contribution in [0.2, 0.25) is 0 Å². The largest absolute Gasteiger partial charge is 0.497 e. The first kappa shape index (κ1) is 24.7. The van der Waals surface area contributed by atoms with Crippen LogP contribution in [0.3, 0.4) is 0 Å². The molecule has 0 N–H and O–H groups in total. The molecule has 1 saturated heterocycles. The summed E-state index contributed by atoms with van der Waals surface area (Å²) >= 11 is 1.67. The number of hydrogen-bond donors (Lipinski definition) is 0.